The van der Waals surface area contributed by atoms with Gasteiger partial charge in [-0.05, 0) is 44.4 Å². The number of oxazole rings is 1. The standard InChI is InChI=1S/C18H26N2O/c1-3-4-5-6-7-13(2)19-15-10-11-17-16(12-15)20-18(21-17)14-8-9-14/h10-14,19H,3-9H2,1-2H3. The quantitative estimate of drug-likeness (QED) is 0.653. The van der Waals surface area contributed by atoms with E-state index in [1.807, 2.05) is 6.07 Å². The first-order chi connectivity index (χ1) is 10.3. The van der Waals surface area contributed by atoms with Crippen molar-refractivity contribution in [3.05, 3.63) is 24.1 Å². The molecule has 1 aromatic carbocycles. The molecule has 114 valence electrons. The van der Waals surface area contributed by atoms with Crippen LogP contribution < -0.4 is 5.32 Å². The Morgan fingerprint density at radius 3 is 2.90 bits per heavy atom. The van der Waals surface area contributed by atoms with Crippen molar-refractivity contribution in [2.24, 2.45) is 0 Å². The lowest BCUT2D eigenvalue weighted by Gasteiger charge is -2.14. The van der Waals surface area contributed by atoms with Gasteiger partial charge in [-0.1, -0.05) is 32.6 Å². The number of fused-ring (bicyclic) bond motifs is 1. The minimum atomic E-state index is 0.508. The van der Waals surface area contributed by atoms with Crippen LogP contribution in [0.25, 0.3) is 11.1 Å². The van der Waals surface area contributed by atoms with Gasteiger partial charge in [-0.25, -0.2) is 4.98 Å². The fourth-order valence-corrected chi connectivity index (χ4v) is 2.77. The molecule has 1 heterocycles. The molecule has 3 nitrogen and oxygen atoms in total. The van der Waals surface area contributed by atoms with E-state index in [1.54, 1.807) is 0 Å². The van der Waals surface area contributed by atoms with Gasteiger partial charge in [0.25, 0.3) is 0 Å². The van der Waals surface area contributed by atoms with Crippen LogP contribution in [0.2, 0.25) is 0 Å². The molecule has 1 N–H and O–H groups in total. The predicted molar refractivity (Wildman–Crippen MR) is 87.8 cm³/mol. The first kappa shape index (κ1) is 14.4. The second kappa shape index (κ2) is 6.50. The lowest BCUT2D eigenvalue weighted by molar-refractivity contribution is 0.533. The molecule has 0 radical (unpaired) electrons. The molecule has 3 rings (SSSR count). The van der Waals surface area contributed by atoms with Crippen LogP contribution in [0.1, 0.15) is 70.6 Å². The number of rotatable bonds is 8. The molecule has 1 fully saturated rings. The van der Waals surface area contributed by atoms with Crippen LogP contribution in [0.15, 0.2) is 22.6 Å². The number of hydrogen-bond acceptors (Lipinski definition) is 3. The van der Waals surface area contributed by atoms with Crippen LogP contribution in [0, 0.1) is 0 Å². The average Bonchev–Trinajstić information content (AvgIpc) is 3.24. The third-order valence-corrected chi connectivity index (χ3v) is 4.23. The number of nitrogens with zero attached hydrogens (tertiary/aromatic N) is 1. The lowest BCUT2D eigenvalue weighted by atomic mass is 10.1. The molecule has 0 bridgehead atoms. The maximum Gasteiger partial charge on any atom is 0.198 e. The summed E-state index contributed by atoms with van der Waals surface area (Å²) in [5, 5.41) is 3.58. The van der Waals surface area contributed by atoms with Crippen molar-refractivity contribution in [2.45, 2.75) is 70.8 Å². The molecule has 1 unspecified atom stereocenters. The number of unbranched alkanes of at least 4 members (excludes halogenated alkanes) is 3. The zero-order valence-electron chi connectivity index (χ0n) is 13.2. The number of hydrogen-bond donors (Lipinski definition) is 1. The topological polar surface area (TPSA) is 38.1 Å². The molecule has 0 aliphatic heterocycles. The van der Waals surface area contributed by atoms with E-state index in [0.29, 0.717) is 12.0 Å². The maximum atomic E-state index is 5.80. The first-order valence-electron chi connectivity index (χ1n) is 8.43. The Balaban J connectivity index is 1.58. The summed E-state index contributed by atoms with van der Waals surface area (Å²) in [6, 6.07) is 6.77. The van der Waals surface area contributed by atoms with Gasteiger partial charge in [0.05, 0.1) is 0 Å². The van der Waals surface area contributed by atoms with Crippen molar-refractivity contribution < 1.29 is 4.42 Å². The highest BCUT2D eigenvalue weighted by Gasteiger charge is 2.28. The fourth-order valence-electron chi connectivity index (χ4n) is 2.77. The van der Waals surface area contributed by atoms with Crippen LogP contribution in [-0.4, -0.2) is 11.0 Å². The number of aromatic nitrogens is 1. The summed E-state index contributed by atoms with van der Waals surface area (Å²) < 4.78 is 5.80. The molecule has 2 aromatic rings. The minimum Gasteiger partial charge on any atom is -0.440 e. The average molecular weight is 286 g/mol. The van der Waals surface area contributed by atoms with Gasteiger partial charge in [-0.3, -0.25) is 0 Å². The van der Waals surface area contributed by atoms with Crippen LogP contribution >= 0.6 is 0 Å². The first-order valence-corrected chi connectivity index (χ1v) is 8.43. The minimum absolute atomic E-state index is 0.508. The monoisotopic (exact) mass is 286 g/mol. The largest absolute Gasteiger partial charge is 0.440 e. The van der Waals surface area contributed by atoms with E-state index >= 15 is 0 Å². The SMILES string of the molecule is CCCCCCC(C)Nc1ccc2oc(C3CC3)nc2c1. The van der Waals surface area contributed by atoms with Crippen molar-refractivity contribution in [3.63, 3.8) is 0 Å². The molecule has 1 aliphatic carbocycles. The highest BCUT2D eigenvalue weighted by Crippen LogP contribution is 2.40. The third-order valence-electron chi connectivity index (χ3n) is 4.23. The molecule has 21 heavy (non-hydrogen) atoms. The molecule has 0 amide bonds. The molecule has 1 saturated carbocycles. The molecular weight excluding hydrogens is 260 g/mol. The number of anilines is 1. The highest BCUT2D eigenvalue weighted by atomic mass is 16.3. The van der Waals surface area contributed by atoms with Gasteiger partial charge in [0, 0.05) is 17.6 Å². The van der Waals surface area contributed by atoms with E-state index in [9.17, 15) is 0 Å². The number of nitrogens with one attached hydrogen (secondary N) is 1. The second-order valence-electron chi connectivity index (χ2n) is 6.40. The van der Waals surface area contributed by atoms with E-state index in [4.69, 9.17) is 4.42 Å². The smallest absolute Gasteiger partial charge is 0.198 e. The Bertz CT molecular complexity index is 586. The van der Waals surface area contributed by atoms with Gasteiger partial charge >= 0.3 is 0 Å². The normalized spacial score (nSPS) is 16.3. The summed E-state index contributed by atoms with van der Waals surface area (Å²) in [7, 11) is 0. The van der Waals surface area contributed by atoms with Gasteiger partial charge in [0.1, 0.15) is 5.52 Å². The Morgan fingerprint density at radius 1 is 1.29 bits per heavy atom. The van der Waals surface area contributed by atoms with Crippen LogP contribution in [0.3, 0.4) is 0 Å². The number of benzene rings is 1. The maximum absolute atomic E-state index is 5.80. The summed E-state index contributed by atoms with van der Waals surface area (Å²) in [4.78, 5) is 4.62. The Morgan fingerprint density at radius 2 is 2.14 bits per heavy atom. The molecule has 3 heteroatoms. The van der Waals surface area contributed by atoms with Crippen LogP contribution in [0.5, 0.6) is 0 Å². The lowest BCUT2D eigenvalue weighted by Crippen LogP contribution is -2.14. The highest BCUT2D eigenvalue weighted by molar-refractivity contribution is 5.77. The van der Waals surface area contributed by atoms with E-state index < -0.39 is 0 Å². The van der Waals surface area contributed by atoms with E-state index in [-0.39, 0.29) is 0 Å². The van der Waals surface area contributed by atoms with Crippen molar-refractivity contribution >= 4 is 16.8 Å². The fraction of sp³-hybridized carbons (Fsp3) is 0.611. The summed E-state index contributed by atoms with van der Waals surface area (Å²) in [5.74, 6) is 1.50. The van der Waals surface area contributed by atoms with E-state index in [2.05, 4.69) is 36.3 Å². The predicted octanol–water partition coefficient (Wildman–Crippen LogP) is 5.48. The van der Waals surface area contributed by atoms with E-state index in [1.165, 1.54) is 44.9 Å². The second-order valence-corrected chi connectivity index (χ2v) is 6.40. The molecule has 1 aromatic heterocycles. The Hall–Kier alpha value is -1.51. The molecule has 0 spiro atoms. The van der Waals surface area contributed by atoms with E-state index in [0.717, 1.165) is 22.7 Å². The van der Waals surface area contributed by atoms with Gasteiger partial charge in [-0.15, -0.1) is 0 Å². The summed E-state index contributed by atoms with van der Waals surface area (Å²) in [6.07, 6.45) is 8.98. The molecular formula is C18H26N2O. The van der Waals surface area contributed by atoms with Gasteiger partial charge in [0.15, 0.2) is 11.5 Å². The summed E-state index contributed by atoms with van der Waals surface area (Å²) in [6.45, 7) is 4.51. The molecule has 0 saturated heterocycles. The van der Waals surface area contributed by atoms with Crippen molar-refractivity contribution in [2.75, 3.05) is 5.32 Å². The van der Waals surface area contributed by atoms with Gasteiger partial charge in [-0.2, -0.15) is 0 Å². The molecule has 1 atom stereocenters. The van der Waals surface area contributed by atoms with Gasteiger partial charge in [0.2, 0.25) is 0 Å². The molecule has 1 aliphatic rings. The van der Waals surface area contributed by atoms with Crippen molar-refractivity contribution in [3.8, 4) is 0 Å². The zero-order valence-corrected chi connectivity index (χ0v) is 13.2. The Labute approximate surface area is 127 Å². The van der Waals surface area contributed by atoms with Crippen LogP contribution in [-0.2, 0) is 0 Å². The Kier molecular flexibility index (Phi) is 4.47. The summed E-state index contributed by atoms with van der Waals surface area (Å²) >= 11 is 0. The van der Waals surface area contributed by atoms with Crippen molar-refractivity contribution in [1.29, 1.82) is 0 Å². The van der Waals surface area contributed by atoms with Gasteiger partial charge < -0.3 is 9.73 Å². The third kappa shape index (κ3) is 3.78. The summed E-state index contributed by atoms with van der Waals surface area (Å²) in [5.41, 5.74) is 3.05. The van der Waals surface area contributed by atoms with Crippen molar-refractivity contribution in [1.82, 2.24) is 4.98 Å². The van der Waals surface area contributed by atoms with Crippen LogP contribution in [0.4, 0.5) is 5.69 Å². The zero-order chi connectivity index (χ0) is 14.7.